The summed E-state index contributed by atoms with van der Waals surface area (Å²) in [4.78, 5) is 26.6. The van der Waals surface area contributed by atoms with Gasteiger partial charge in [-0.1, -0.05) is 25.1 Å². The Labute approximate surface area is 151 Å². The number of rotatable bonds is 7. The van der Waals surface area contributed by atoms with Gasteiger partial charge in [0.1, 0.15) is 0 Å². The van der Waals surface area contributed by atoms with Crippen molar-refractivity contribution in [2.75, 3.05) is 6.54 Å². The fraction of sp³-hybridized carbons (Fsp3) is 0.353. The van der Waals surface area contributed by atoms with E-state index in [0.717, 1.165) is 12.1 Å². The number of nitrogens with zero attached hydrogens (tertiary/aromatic N) is 1. The first-order valence-electron chi connectivity index (χ1n) is 7.78. The van der Waals surface area contributed by atoms with E-state index in [2.05, 4.69) is 10.3 Å². The predicted octanol–water partition coefficient (Wildman–Crippen LogP) is 3.71. The summed E-state index contributed by atoms with van der Waals surface area (Å²) in [5, 5.41) is 13.5. The van der Waals surface area contributed by atoms with Crippen molar-refractivity contribution in [3.63, 3.8) is 0 Å². The number of halogens is 3. The minimum Gasteiger partial charge on any atom is -0.476 e. The standard InChI is InChI=1S/C17H17F3N2O3S/c1-10(11-3-2-4-12(8-11)17(18,19)20)7-14(23)21-6-5-15-22-13(9-26-15)16(24)25/h2-4,8-10H,5-7H2,1H3,(H,21,23)(H,24,25). The molecule has 0 saturated heterocycles. The van der Waals surface area contributed by atoms with Gasteiger partial charge in [-0.2, -0.15) is 13.2 Å². The van der Waals surface area contributed by atoms with Crippen LogP contribution >= 0.6 is 11.3 Å². The topological polar surface area (TPSA) is 79.3 Å². The van der Waals surface area contributed by atoms with Crippen molar-refractivity contribution in [3.05, 3.63) is 51.5 Å². The molecule has 1 aromatic heterocycles. The number of carboxylic acids is 1. The van der Waals surface area contributed by atoms with Crippen molar-refractivity contribution in [2.45, 2.75) is 31.9 Å². The number of aromatic nitrogens is 1. The van der Waals surface area contributed by atoms with E-state index >= 15 is 0 Å². The van der Waals surface area contributed by atoms with Crippen LogP contribution in [0, 0.1) is 0 Å². The third-order valence-corrected chi connectivity index (χ3v) is 4.62. The number of aromatic carboxylic acids is 1. The Bertz CT molecular complexity index is 790. The Kier molecular flexibility index (Phi) is 6.36. The zero-order chi connectivity index (χ0) is 19.3. The lowest BCUT2D eigenvalue weighted by molar-refractivity contribution is -0.137. The third-order valence-electron chi connectivity index (χ3n) is 3.71. The van der Waals surface area contributed by atoms with Crippen molar-refractivity contribution < 1.29 is 27.9 Å². The van der Waals surface area contributed by atoms with Gasteiger partial charge in [0.05, 0.1) is 10.6 Å². The van der Waals surface area contributed by atoms with Gasteiger partial charge in [-0.15, -0.1) is 11.3 Å². The maximum atomic E-state index is 12.8. The number of hydrogen-bond acceptors (Lipinski definition) is 4. The molecule has 1 atom stereocenters. The lowest BCUT2D eigenvalue weighted by atomic mass is 9.95. The Hall–Kier alpha value is -2.42. The minimum absolute atomic E-state index is 0.0329. The second-order valence-corrected chi connectivity index (χ2v) is 6.70. The summed E-state index contributed by atoms with van der Waals surface area (Å²) in [6.45, 7) is 1.97. The molecule has 1 heterocycles. The number of thiazole rings is 1. The largest absolute Gasteiger partial charge is 0.476 e. The summed E-state index contributed by atoms with van der Waals surface area (Å²) in [6, 6.07) is 4.95. The summed E-state index contributed by atoms with van der Waals surface area (Å²) >= 11 is 1.19. The van der Waals surface area contributed by atoms with Crippen LogP contribution in [0.25, 0.3) is 0 Å². The number of carbonyl (C=O) groups excluding carboxylic acids is 1. The van der Waals surface area contributed by atoms with Crippen LogP contribution in [-0.4, -0.2) is 28.5 Å². The van der Waals surface area contributed by atoms with Gasteiger partial charge in [0, 0.05) is 24.8 Å². The number of nitrogens with one attached hydrogen (secondary N) is 1. The second kappa shape index (κ2) is 8.31. The molecule has 9 heteroatoms. The first-order chi connectivity index (χ1) is 12.2. The number of carbonyl (C=O) groups is 2. The van der Waals surface area contributed by atoms with E-state index in [1.54, 1.807) is 13.0 Å². The van der Waals surface area contributed by atoms with Crippen molar-refractivity contribution >= 4 is 23.2 Å². The molecular weight excluding hydrogens is 369 g/mol. The number of carboxylic acid groups (broad SMARTS) is 1. The summed E-state index contributed by atoms with van der Waals surface area (Å²) in [7, 11) is 0. The molecule has 1 aromatic carbocycles. The number of benzene rings is 1. The zero-order valence-electron chi connectivity index (χ0n) is 13.8. The van der Waals surface area contributed by atoms with Crippen LogP contribution < -0.4 is 5.32 Å². The molecule has 1 unspecified atom stereocenters. The summed E-state index contributed by atoms with van der Waals surface area (Å²) < 4.78 is 38.3. The minimum atomic E-state index is -4.42. The molecule has 0 spiro atoms. The highest BCUT2D eigenvalue weighted by atomic mass is 32.1. The van der Waals surface area contributed by atoms with Crippen molar-refractivity contribution in [3.8, 4) is 0 Å². The molecule has 0 aliphatic heterocycles. The molecule has 2 aromatic rings. The lowest BCUT2D eigenvalue weighted by Crippen LogP contribution is -2.26. The van der Waals surface area contributed by atoms with Crippen LogP contribution in [0.1, 0.15) is 45.9 Å². The van der Waals surface area contributed by atoms with Crippen LogP contribution in [0.3, 0.4) is 0 Å². The summed E-state index contributed by atoms with van der Waals surface area (Å²) in [5.74, 6) is -1.76. The highest BCUT2D eigenvalue weighted by molar-refractivity contribution is 7.09. The van der Waals surface area contributed by atoms with Gasteiger partial charge in [-0.05, 0) is 17.5 Å². The van der Waals surface area contributed by atoms with Gasteiger partial charge in [0.25, 0.3) is 0 Å². The number of amides is 1. The van der Waals surface area contributed by atoms with Gasteiger partial charge in [-0.3, -0.25) is 4.79 Å². The molecule has 0 saturated carbocycles. The SMILES string of the molecule is CC(CC(=O)NCCc1nc(C(=O)O)cs1)c1cccc(C(F)(F)F)c1. The fourth-order valence-corrected chi connectivity index (χ4v) is 3.09. The molecule has 0 radical (unpaired) electrons. The highest BCUT2D eigenvalue weighted by Gasteiger charge is 2.30. The maximum absolute atomic E-state index is 12.8. The van der Waals surface area contributed by atoms with E-state index in [4.69, 9.17) is 5.11 Å². The number of hydrogen-bond donors (Lipinski definition) is 2. The van der Waals surface area contributed by atoms with Gasteiger partial charge < -0.3 is 10.4 Å². The molecule has 26 heavy (non-hydrogen) atoms. The van der Waals surface area contributed by atoms with Crippen LogP contribution in [0.5, 0.6) is 0 Å². The Morgan fingerprint density at radius 1 is 1.35 bits per heavy atom. The van der Waals surface area contributed by atoms with E-state index in [-0.39, 0.29) is 30.5 Å². The molecular formula is C17H17F3N2O3S. The van der Waals surface area contributed by atoms with E-state index in [0.29, 0.717) is 17.0 Å². The van der Waals surface area contributed by atoms with Crippen LogP contribution in [0.4, 0.5) is 13.2 Å². The van der Waals surface area contributed by atoms with Crippen molar-refractivity contribution in [1.29, 1.82) is 0 Å². The van der Waals surface area contributed by atoms with E-state index in [1.807, 2.05) is 0 Å². The van der Waals surface area contributed by atoms with E-state index in [1.165, 1.54) is 22.8 Å². The van der Waals surface area contributed by atoms with Gasteiger partial charge >= 0.3 is 12.1 Å². The average Bonchev–Trinajstić information content (AvgIpc) is 3.03. The molecule has 0 aliphatic carbocycles. The zero-order valence-corrected chi connectivity index (χ0v) is 14.7. The molecule has 5 nitrogen and oxygen atoms in total. The van der Waals surface area contributed by atoms with E-state index in [9.17, 15) is 22.8 Å². The fourth-order valence-electron chi connectivity index (χ4n) is 2.32. The van der Waals surface area contributed by atoms with Crippen LogP contribution in [0.2, 0.25) is 0 Å². The van der Waals surface area contributed by atoms with Crippen molar-refractivity contribution in [1.82, 2.24) is 10.3 Å². The summed E-state index contributed by atoms with van der Waals surface area (Å²) in [5.41, 5.74) is -0.323. The first kappa shape index (κ1) is 19.9. The molecule has 0 bridgehead atoms. The number of alkyl halides is 3. The van der Waals surface area contributed by atoms with Crippen molar-refractivity contribution in [2.24, 2.45) is 0 Å². The molecule has 0 aliphatic rings. The van der Waals surface area contributed by atoms with Gasteiger partial charge in [0.15, 0.2) is 5.69 Å². The van der Waals surface area contributed by atoms with Crippen LogP contribution in [-0.2, 0) is 17.4 Å². The normalized spacial score (nSPS) is 12.6. The molecule has 2 rings (SSSR count). The Balaban J connectivity index is 1.84. The van der Waals surface area contributed by atoms with Gasteiger partial charge in [0.2, 0.25) is 5.91 Å². The second-order valence-electron chi connectivity index (χ2n) is 5.76. The van der Waals surface area contributed by atoms with Gasteiger partial charge in [-0.25, -0.2) is 9.78 Å². The Morgan fingerprint density at radius 2 is 2.08 bits per heavy atom. The quantitative estimate of drug-likeness (QED) is 0.760. The molecule has 2 N–H and O–H groups in total. The van der Waals surface area contributed by atoms with E-state index < -0.39 is 17.7 Å². The first-order valence-corrected chi connectivity index (χ1v) is 8.66. The third kappa shape index (κ3) is 5.55. The Morgan fingerprint density at radius 3 is 2.69 bits per heavy atom. The predicted molar refractivity (Wildman–Crippen MR) is 90.3 cm³/mol. The monoisotopic (exact) mass is 386 g/mol. The van der Waals surface area contributed by atoms with Crippen LogP contribution in [0.15, 0.2) is 29.6 Å². The highest BCUT2D eigenvalue weighted by Crippen LogP contribution is 2.31. The maximum Gasteiger partial charge on any atom is 0.416 e. The average molecular weight is 386 g/mol. The molecule has 1 amide bonds. The smallest absolute Gasteiger partial charge is 0.416 e. The molecule has 0 fully saturated rings. The molecule has 140 valence electrons. The lowest BCUT2D eigenvalue weighted by Gasteiger charge is -2.14. The summed E-state index contributed by atoms with van der Waals surface area (Å²) in [6.07, 6.45) is -3.97.